The van der Waals surface area contributed by atoms with Gasteiger partial charge in [0, 0.05) is 17.8 Å². The highest BCUT2D eigenvalue weighted by Gasteiger charge is 2.25. The SMILES string of the molecule is Cc1cc(C)c(N2c3ccccc3Cc3cc(C)ccc32)c(C)c1. The van der Waals surface area contributed by atoms with E-state index >= 15 is 0 Å². The lowest BCUT2D eigenvalue weighted by molar-refractivity contribution is 1.07. The molecule has 1 heterocycles. The number of anilines is 3. The molecule has 0 saturated heterocycles. The van der Waals surface area contributed by atoms with Gasteiger partial charge in [-0.25, -0.2) is 0 Å². The van der Waals surface area contributed by atoms with Gasteiger partial charge in [-0.1, -0.05) is 53.6 Å². The molecule has 0 aliphatic carbocycles. The molecule has 0 amide bonds. The van der Waals surface area contributed by atoms with Crippen molar-refractivity contribution in [2.24, 2.45) is 0 Å². The molecule has 24 heavy (non-hydrogen) atoms. The van der Waals surface area contributed by atoms with Gasteiger partial charge in [-0.15, -0.1) is 0 Å². The van der Waals surface area contributed by atoms with Crippen LogP contribution < -0.4 is 4.90 Å². The molecule has 0 radical (unpaired) electrons. The molecule has 0 spiro atoms. The van der Waals surface area contributed by atoms with Crippen LogP contribution in [-0.4, -0.2) is 0 Å². The van der Waals surface area contributed by atoms with E-state index in [9.17, 15) is 0 Å². The molecule has 4 rings (SSSR count). The number of fused-ring (bicyclic) bond motifs is 2. The van der Waals surface area contributed by atoms with E-state index in [1.165, 1.54) is 50.4 Å². The maximum absolute atomic E-state index is 2.46. The monoisotopic (exact) mass is 313 g/mol. The van der Waals surface area contributed by atoms with Crippen molar-refractivity contribution >= 4 is 17.1 Å². The van der Waals surface area contributed by atoms with E-state index in [-0.39, 0.29) is 0 Å². The average Bonchev–Trinajstić information content (AvgIpc) is 2.53. The van der Waals surface area contributed by atoms with Gasteiger partial charge in [-0.2, -0.15) is 0 Å². The van der Waals surface area contributed by atoms with Crippen LogP contribution in [0.5, 0.6) is 0 Å². The maximum Gasteiger partial charge on any atom is 0.0520 e. The van der Waals surface area contributed by atoms with Gasteiger partial charge in [0.1, 0.15) is 0 Å². The molecule has 0 bridgehead atoms. The van der Waals surface area contributed by atoms with Gasteiger partial charge in [0.05, 0.1) is 5.69 Å². The summed E-state index contributed by atoms with van der Waals surface area (Å²) in [6.45, 7) is 8.79. The highest BCUT2D eigenvalue weighted by Crippen LogP contribution is 2.46. The van der Waals surface area contributed by atoms with Crippen molar-refractivity contribution in [3.8, 4) is 0 Å². The second kappa shape index (κ2) is 5.52. The minimum atomic E-state index is 1.01. The fraction of sp³-hybridized carbons (Fsp3) is 0.217. The van der Waals surface area contributed by atoms with Gasteiger partial charge in [0.25, 0.3) is 0 Å². The second-order valence-corrected chi connectivity index (χ2v) is 7.02. The Balaban J connectivity index is 2.02. The Labute approximate surface area is 144 Å². The maximum atomic E-state index is 2.46. The topological polar surface area (TPSA) is 3.24 Å². The standard InChI is InChI=1S/C23H23N/c1-15-9-10-22-20(13-15)14-19-7-5-6-8-21(19)24(22)23-17(3)11-16(2)12-18(23)4/h5-13H,14H2,1-4H3. The van der Waals surface area contributed by atoms with Gasteiger partial charge in [-0.05, 0) is 62.1 Å². The van der Waals surface area contributed by atoms with Crippen molar-refractivity contribution in [3.05, 3.63) is 88.0 Å². The Hall–Kier alpha value is -2.54. The van der Waals surface area contributed by atoms with Gasteiger partial charge >= 0.3 is 0 Å². The minimum Gasteiger partial charge on any atom is -0.309 e. The zero-order valence-corrected chi connectivity index (χ0v) is 14.9. The quantitative estimate of drug-likeness (QED) is 0.399. The summed E-state index contributed by atoms with van der Waals surface area (Å²) in [7, 11) is 0. The van der Waals surface area contributed by atoms with Crippen LogP contribution in [0.2, 0.25) is 0 Å². The van der Waals surface area contributed by atoms with E-state index in [1.54, 1.807) is 0 Å². The van der Waals surface area contributed by atoms with E-state index in [0.717, 1.165) is 6.42 Å². The molecular weight excluding hydrogens is 290 g/mol. The molecule has 120 valence electrons. The van der Waals surface area contributed by atoms with Crippen LogP contribution in [0.1, 0.15) is 33.4 Å². The van der Waals surface area contributed by atoms with Crippen LogP contribution in [0.3, 0.4) is 0 Å². The molecule has 1 nitrogen and oxygen atoms in total. The fourth-order valence-corrected chi connectivity index (χ4v) is 4.05. The van der Waals surface area contributed by atoms with Crippen LogP contribution in [0.15, 0.2) is 54.6 Å². The first kappa shape index (κ1) is 15.0. The van der Waals surface area contributed by atoms with Gasteiger partial charge < -0.3 is 4.90 Å². The van der Waals surface area contributed by atoms with Crippen LogP contribution in [0, 0.1) is 27.7 Å². The lowest BCUT2D eigenvalue weighted by atomic mass is 9.92. The van der Waals surface area contributed by atoms with Gasteiger partial charge in [0.2, 0.25) is 0 Å². The fourth-order valence-electron chi connectivity index (χ4n) is 4.05. The summed E-state index contributed by atoms with van der Waals surface area (Å²) in [5, 5.41) is 0. The van der Waals surface area contributed by atoms with E-state index < -0.39 is 0 Å². The molecule has 1 heteroatoms. The van der Waals surface area contributed by atoms with Gasteiger partial charge in [0.15, 0.2) is 0 Å². The van der Waals surface area contributed by atoms with Crippen molar-refractivity contribution in [2.75, 3.05) is 4.90 Å². The summed E-state index contributed by atoms with van der Waals surface area (Å²) in [4.78, 5) is 2.46. The van der Waals surface area contributed by atoms with E-state index in [0.29, 0.717) is 0 Å². The van der Waals surface area contributed by atoms with E-state index in [1.807, 2.05) is 0 Å². The van der Waals surface area contributed by atoms with Crippen LogP contribution >= 0.6 is 0 Å². The summed E-state index contributed by atoms with van der Waals surface area (Å²) < 4.78 is 0. The molecule has 0 aromatic heterocycles. The van der Waals surface area contributed by atoms with Crippen LogP contribution in [0.4, 0.5) is 17.1 Å². The van der Waals surface area contributed by atoms with Crippen LogP contribution in [0.25, 0.3) is 0 Å². The van der Waals surface area contributed by atoms with E-state index in [2.05, 4.69) is 87.2 Å². The Morgan fingerprint density at radius 3 is 2.08 bits per heavy atom. The summed E-state index contributed by atoms with van der Waals surface area (Å²) in [5.41, 5.74) is 12.1. The molecule has 0 unspecified atom stereocenters. The number of rotatable bonds is 1. The molecule has 3 aromatic carbocycles. The van der Waals surface area contributed by atoms with Crippen molar-refractivity contribution in [1.29, 1.82) is 0 Å². The predicted octanol–water partition coefficient (Wildman–Crippen LogP) is 6.29. The van der Waals surface area contributed by atoms with Crippen molar-refractivity contribution in [3.63, 3.8) is 0 Å². The third-order valence-electron chi connectivity index (χ3n) is 4.95. The molecule has 3 aromatic rings. The molecule has 1 aliphatic heterocycles. The Kier molecular flexibility index (Phi) is 3.45. The molecule has 0 fully saturated rings. The van der Waals surface area contributed by atoms with Crippen molar-refractivity contribution in [2.45, 2.75) is 34.1 Å². The zero-order chi connectivity index (χ0) is 16.8. The highest BCUT2D eigenvalue weighted by atomic mass is 15.2. The third-order valence-corrected chi connectivity index (χ3v) is 4.95. The predicted molar refractivity (Wildman–Crippen MR) is 103 cm³/mol. The summed E-state index contributed by atoms with van der Waals surface area (Å²) in [6, 6.07) is 20.2. The first-order valence-electron chi connectivity index (χ1n) is 8.60. The molecular formula is C23H23N. The Morgan fingerprint density at radius 1 is 0.667 bits per heavy atom. The average molecular weight is 313 g/mol. The number of hydrogen-bond donors (Lipinski definition) is 0. The summed E-state index contributed by atoms with van der Waals surface area (Å²) in [6.07, 6.45) is 1.01. The molecule has 0 atom stereocenters. The van der Waals surface area contributed by atoms with Crippen LogP contribution in [-0.2, 0) is 6.42 Å². The lowest BCUT2D eigenvalue weighted by Crippen LogP contribution is -2.20. The Bertz CT molecular complexity index is 914. The molecule has 0 saturated carbocycles. The van der Waals surface area contributed by atoms with E-state index in [4.69, 9.17) is 0 Å². The van der Waals surface area contributed by atoms with Gasteiger partial charge in [-0.3, -0.25) is 0 Å². The minimum absolute atomic E-state index is 1.01. The van der Waals surface area contributed by atoms with Crippen molar-refractivity contribution < 1.29 is 0 Å². The Morgan fingerprint density at radius 2 is 1.33 bits per heavy atom. The molecule has 1 aliphatic rings. The number of hydrogen-bond acceptors (Lipinski definition) is 1. The highest BCUT2D eigenvalue weighted by molar-refractivity contribution is 5.86. The zero-order valence-electron chi connectivity index (χ0n) is 14.9. The smallest absolute Gasteiger partial charge is 0.0520 e. The number of benzene rings is 3. The number of para-hydroxylation sites is 1. The first-order chi connectivity index (χ1) is 11.5. The summed E-state index contributed by atoms with van der Waals surface area (Å²) in [5.74, 6) is 0. The third kappa shape index (κ3) is 2.32. The van der Waals surface area contributed by atoms with Crippen molar-refractivity contribution in [1.82, 2.24) is 0 Å². The lowest BCUT2D eigenvalue weighted by Gasteiger charge is -2.35. The molecule has 0 N–H and O–H groups in total. The number of aryl methyl sites for hydroxylation is 4. The number of nitrogens with zero attached hydrogens (tertiary/aromatic N) is 1. The first-order valence-corrected chi connectivity index (χ1v) is 8.60. The summed E-state index contributed by atoms with van der Waals surface area (Å²) >= 11 is 0. The normalized spacial score (nSPS) is 12.8. The largest absolute Gasteiger partial charge is 0.309 e. The second-order valence-electron chi connectivity index (χ2n) is 7.02.